The third-order valence-electron chi connectivity index (χ3n) is 3.68. The van der Waals surface area contributed by atoms with Gasteiger partial charge in [-0.15, -0.1) is 0 Å². The molecule has 0 saturated carbocycles. The van der Waals surface area contributed by atoms with Crippen LogP contribution in [0.3, 0.4) is 0 Å². The van der Waals surface area contributed by atoms with Crippen molar-refractivity contribution in [3.05, 3.63) is 59.7 Å². The van der Waals surface area contributed by atoms with Gasteiger partial charge in [0.05, 0.1) is 6.42 Å². The lowest BCUT2D eigenvalue weighted by Crippen LogP contribution is -2.15. The predicted molar refractivity (Wildman–Crippen MR) is 93.3 cm³/mol. The van der Waals surface area contributed by atoms with Crippen LogP contribution in [0.5, 0.6) is 0 Å². The van der Waals surface area contributed by atoms with Gasteiger partial charge in [-0.05, 0) is 50.1 Å². The summed E-state index contributed by atoms with van der Waals surface area (Å²) in [5.41, 5.74) is 4.13. The zero-order chi connectivity index (χ0) is 15.9. The molecule has 3 nitrogen and oxygen atoms in total. The highest BCUT2D eigenvalue weighted by Crippen LogP contribution is 2.15. The molecule has 2 N–H and O–H groups in total. The van der Waals surface area contributed by atoms with E-state index in [2.05, 4.69) is 24.5 Å². The van der Waals surface area contributed by atoms with Crippen molar-refractivity contribution in [1.29, 1.82) is 0 Å². The third kappa shape index (κ3) is 4.92. The lowest BCUT2D eigenvalue weighted by molar-refractivity contribution is -0.115. The number of anilines is 2. The number of benzene rings is 2. The summed E-state index contributed by atoms with van der Waals surface area (Å²) in [7, 11) is 0. The highest BCUT2D eigenvalue weighted by molar-refractivity contribution is 5.92. The van der Waals surface area contributed by atoms with Crippen molar-refractivity contribution in [2.45, 2.75) is 39.7 Å². The van der Waals surface area contributed by atoms with Crippen molar-refractivity contribution in [2.75, 3.05) is 10.6 Å². The summed E-state index contributed by atoms with van der Waals surface area (Å²) in [6.07, 6.45) is 1.47. The SMILES string of the molecule is CCC(C)Nc1ccc(NC(=O)Cc2ccc(C)cc2)cc1. The molecule has 1 unspecified atom stereocenters. The van der Waals surface area contributed by atoms with Crippen LogP contribution in [0.15, 0.2) is 48.5 Å². The van der Waals surface area contributed by atoms with Crippen LogP contribution >= 0.6 is 0 Å². The monoisotopic (exact) mass is 296 g/mol. The molecule has 0 aliphatic carbocycles. The van der Waals surface area contributed by atoms with Crippen LogP contribution in [0.2, 0.25) is 0 Å². The molecule has 2 rings (SSSR count). The summed E-state index contributed by atoms with van der Waals surface area (Å²) in [5.74, 6) is 0.00601. The maximum Gasteiger partial charge on any atom is 0.228 e. The Morgan fingerprint density at radius 2 is 1.59 bits per heavy atom. The van der Waals surface area contributed by atoms with Crippen LogP contribution in [0, 0.1) is 6.92 Å². The van der Waals surface area contributed by atoms with E-state index >= 15 is 0 Å². The molecule has 0 saturated heterocycles. The molecule has 1 atom stereocenters. The van der Waals surface area contributed by atoms with Gasteiger partial charge in [-0.3, -0.25) is 4.79 Å². The number of carbonyl (C=O) groups is 1. The summed E-state index contributed by atoms with van der Waals surface area (Å²) >= 11 is 0. The first kappa shape index (κ1) is 16.1. The fourth-order valence-corrected chi connectivity index (χ4v) is 2.13. The van der Waals surface area contributed by atoms with Gasteiger partial charge in [0.25, 0.3) is 0 Å². The van der Waals surface area contributed by atoms with Crippen LogP contribution in [0.4, 0.5) is 11.4 Å². The Hall–Kier alpha value is -2.29. The Bertz CT molecular complexity index is 602. The van der Waals surface area contributed by atoms with Crippen molar-refractivity contribution in [3.63, 3.8) is 0 Å². The summed E-state index contributed by atoms with van der Waals surface area (Å²) < 4.78 is 0. The minimum absolute atomic E-state index is 0.00601. The predicted octanol–water partition coefficient (Wildman–Crippen LogP) is 4.39. The minimum atomic E-state index is 0.00601. The lowest BCUT2D eigenvalue weighted by atomic mass is 10.1. The third-order valence-corrected chi connectivity index (χ3v) is 3.68. The van der Waals surface area contributed by atoms with E-state index in [1.807, 2.05) is 55.5 Å². The molecule has 0 aliphatic rings. The van der Waals surface area contributed by atoms with Crippen LogP contribution in [-0.4, -0.2) is 11.9 Å². The van der Waals surface area contributed by atoms with E-state index in [0.717, 1.165) is 23.4 Å². The molecule has 116 valence electrons. The first-order valence-corrected chi connectivity index (χ1v) is 7.79. The van der Waals surface area contributed by atoms with Gasteiger partial charge in [0.15, 0.2) is 0 Å². The fourth-order valence-electron chi connectivity index (χ4n) is 2.13. The van der Waals surface area contributed by atoms with Gasteiger partial charge in [0, 0.05) is 17.4 Å². The van der Waals surface area contributed by atoms with E-state index in [1.54, 1.807) is 0 Å². The second-order valence-corrected chi connectivity index (χ2v) is 5.74. The quantitative estimate of drug-likeness (QED) is 0.830. The molecule has 0 bridgehead atoms. The van der Waals surface area contributed by atoms with Crippen LogP contribution < -0.4 is 10.6 Å². The molecule has 2 aromatic carbocycles. The van der Waals surface area contributed by atoms with E-state index in [9.17, 15) is 4.79 Å². The molecule has 0 aromatic heterocycles. The summed E-state index contributed by atoms with van der Waals surface area (Å²) in [5, 5.41) is 6.34. The standard InChI is InChI=1S/C19H24N2O/c1-4-15(3)20-17-9-11-18(12-10-17)21-19(22)13-16-7-5-14(2)6-8-16/h5-12,15,20H,4,13H2,1-3H3,(H,21,22). The van der Waals surface area contributed by atoms with Crippen molar-refractivity contribution >= 4 is 17.3 Å². The van der Waals surface area contributed by atoms with E-state index in [4.69, 9.17) is 0 Å². The average molecular weight is 296 g/mol. The Morgan fingerprint density at radius 1 is 1.00 bits per heavy atom. The molecule has 0 heterocycles. The fraction of sp³-hybridized carbons (Fsp3) is 0.316. The Balaban J connectivity index is 1.90. The van der Waals surface area contributed by atoms with Crippen LogP contribution in [0.1, 0.15) is 31.4 Å². The minimum Gasteiger partial charge on any atom is -0.383 e. The first-order valence-electron chi connectivity index (χ1n) is 7.79. The first-order chi connectivity index (χ1) is 10.6. The normalized spacial score (nSPS) is 11.8. The maximum absolute atomic E-state index is 12.0. The zero-order valence-corrected chi connectivity index (χ0v) is 13.5. The van der Waals surface area contributed by atoms with Gasteiger partial charge in [0.1, 0.15) is 0 Å². The largest absolute Gasteiger partial charge is 0.383 e. The highest BCUT2D eigenvalue weighted by atomic mass is 16.1. The van der Waals surface area contributed by atoms with Gasteiger partial charge in [-0.1, -0.05) is 36.8 Å². The second-order valence-electron chi connectivity index (χ2n) is 5.74. The lowest BCUT2D eigenvalue weighted by Gasteiger charge is -2.13. The number of aryl methyl sites for hydroxylation is 1. The molecular formula is C19H24N2O. The van der Waals surface area contributed by atoms with Crippen molar-refractivity contribution < 1.29 is 4.79 Å². The Kier molecular flexibility index (Phi) is 5.59. The van der Waals surface area contributed by atoms with E-state index in [1.165, 1.54) is 5.56 Å². The van der Waals surface area contributed by atoms with E-state index < -0.39 is 0 Å². The molecule has 0 radical (unpaired) electrons. The van der Waals surface area contributed by atoms with Crippen molar-refractivity contribution in [1.82, 2.24) is 0 Å². The molecule has 22 heavy (non-hydrogen) atoms. The topological polar surface area (TPSA) is 41.1 Å². The van der Waals surface area contributed by atoms with Gasteiger partial charge in [-0.25, -0.2) is 0 Å². The molecule has 1 amide bonds. The van der Waals surface area contributed by atoms with Crippen molar-refractivity contribution in [2.24, 2.45) is 0 Å². The van der Waals surface area contributed by atoms with E-state index in [-0.39, 0.29) is 5.91 Å². The summed E-state index contributed by atoms with van der Waals surface area (Å²) in [6, 6.07) is 16.3. The van der Waals surface area contributed by atoms with Gasteiger partial charge in [0.2, 0.25) is 5.91 Å². The smallest absolute Gasteiger partial charge is 0.228 e. The number of rotatable bonds is 6. The number of hydrogen-bond acceptors (Lipinski definition) is 2. The van der Waals surface area contributed by atoms with Gasteiger partial charge in [-0.2, -0.15) is 0 Å². The summed E-state index contributed by atoms with van der Waals surface area (Å²) in [4.78, 5) is 12.0. The Morgan fingerprint density at radius 3 is 2.18 bits per heavy atom. The highest BCUT2D eigenvalue weighted by Gasteiger charge is 2.05. The molecule has 2 aromatic rings. The summed E-state index contributed by atoms with van der Waals surface area (Å²) in [6.45, 7) is 6.34. The number of amides is 1. The van der Waals surface area contributed by atoms with Crippen LogP contribution in [-0.2, 0) is 11.2 Å². The number of nitrogens with one attached hydrogen (secondary N) is 2. The molecule has 3 heteroatoms. The van der Waals surface area contributed by atoms with E-state index in [0.29, 0.717) is 12.5 Å². The Labute approximate surface area is 132 Å². The molecular weight excluding hydrogens is 272 g/mol. The number of carbonyl (C=O) groups excluding carboxylic acids is 1. The van der Waals surface area contributed by atoms with Crippen molar-refractivity contribution in [3.8, 4) is 0 Å². The molecule has 0 spiro atoms. The molecule has 0 fully saturated rings. The maximum atomic E-state index is 12.0. The average Bonchev–Trinajstić information content (AvgIpc) is 2.51. The van der Waals surface area contributed by atoms with Crippen LogP contribution in [0.25, 0.3) is 0 Å². The zero-order valence-electron chi connectivity index (χ0n) is 13.5. The molecule has 0 aliphatic heterocycles. The van der Waals surface area contributed by atoms with Gasteiger partial charge >= 0.3 is 0 Å². The number of hydrogen-bond donors (Lipinski definition) is 2. The van der Waals surface area contributed by atoms with Gasteiger partial charge < -0.3 is 10.6 Å². The second kappa shape index (κ2) is 7.64.